The molecule has 2 aliphatic heterocycles. The van der Waals surface area contributed by atoms with Gasteiger partial charge in [-0.1, -0.05) is 6.92 Å². The van der Waals surface area contributed by atoms with Crippen molar-refractivity contribution in [1.29, 1.82) is 0 Å². The lowest BCUT2D eigenvalue weighted by Crippen LogP contribution is -2.53. The van der Waals surface area contributed by atoms with E-state index in [1.807, 2.05) is 6.92 Å². The van der Waals surface area contributed by atoms with Gasteiger partial charge in [-0.25, -0.2) is 9.59 Å². The van der Waals surface area contributed by atoms with Crippen molar-refractivity contribution in [2.75, 3.05) is 19.6 Å². The minimum atomic E-state index is -0.928. The summed E-state index contributed by atoms with van der Waals surface area (Å²) in [4.78, 5) is 26.8. The first-order valence-corrected chi connectivity index (χ1v) is 6.82. The smallest absolute Gasteiger partial charge is 0.326 e. The van der Waals surface area contributed by atoms with Crippen LogP contribution < -0.4 is 0 Å². The molecular weight excluding hydrogens is 248 g/mol. The Morgan fingerprint density at radius 1 is 1.21 bits per heavy atom. The van der Waals surface area contributed by atoms with E-state index in [1.165, 1.54) is 4.90 Å². The molecule has 2 saturated heterocycles. The van der Waals surface area contributed by atoms with Crippen molar-refractivity contribution in [3.8, 4) is 0 Å². The molecule has 2 fully saturated rings. The minimum Gasteiger partial charge on any atom is -0.480 e. The fraction of sp³-hybridized carbons (Fsp3) is 0.846. The second-order valence-corrected chi connectivity index (χ2v) is 6.01. The van der Waals surface area contributed by atoms with Crippen LogP contribution in [-0.4, -0.2) is 63.3 Å². The molecule has 2 N–H and O–H groups in total. The fourth-order valence-electron chi connectivity index (χ4n) is 2.90. The molecule has 0 aromatic carbocycles. The molecular formula is C13H22N2O4. The highest BCUT2D eigenvalue weighted by Crippen LogP contribution is 2.27. The third kappa shape index (κ3) is 2.83. The monoisotopic (exact) mass is 270 g/mol. The number of hydrogen-bond donors (Lipinski definition) is 2. The maximum absolute atomic E-state index is 12.4. The first kappa shape index (κ1) is 14.1. The number of aliphatic hydroxyl groups is 1. The molecule has 6 heteroatoms. The summed E-state index contributed by atoms with van der Waals surface area (Å²) in [6, 6.07) is -0.915. The highest BCUT2D eigenvalue weighted by atomic mass is 16.4. The Morgan fingerprint density at radius 3 is 2.32 bits per heavy atom. The Balaban J connectivity index is 2.02. The van der Waals surface area contributed by atoms with Gasteiger partial charge in [0.15, 0.2) is 0 Å². The number of likely N-dealkylation sites (tertiary alicyclic amines) is 2. The van der Waals surface area contributed by atoms with Crippen LogP contribution in [0.5, 0.6) is 0 Å². The van der Waals surface area contributed by atoms with Gasteiger partial charge in [-0.05, 0) is 32.1 Å². The second kappa shape index (κ2) is 5.00. The molecule has 0 aliphatic carbocycles. The van der Waals surface area contributed by atoms with E-state index >= 15 is 0 Å². The van der Waals surface area contributed by atoms with Crippen LogP contribution >= 0.6 is 0 Å². The van der Waals surface area contributed by atoms with Crippen LogP contribution in [0.3, 0.4) is 0 Å². The number of carbonyl (C=O) groups excluding carboxylic acids is 1. The Morgan fingerprint density at radius 2 is 1.79 bits per heavy atom. The third-order valence-electron chi connectivity index (χ3n) is 4.31. The number of nitrogens with zero attached hydrogens (tertiary/aromatic N) is 2. The van der Waals surface area contributed by atoms with Crippen LogP contribution in [0.2, 0.25) is 0 Å². The van der Waals surface area contributed by atoms with Crippen LogP contribution in [-0.2, 0) is 4.79 Å². The summed E-state index contributed by atoms with van der Waals surface area (Å²) in [6.45, 7) is 5.12. The lowest BCUT2D eigenvalue weighted by molar-refractivity contribution is -0.142. The number of hydrogen-bond acceptors (Lipinski definition) is 3. The second-order valence-electron chi connectivity index (χ2n) is 6.01. The number of carboxylic acids is 1. The van der Waals surface area contributed by atoms with Crippen molar-refractivity contribution in [3.63, 3.8) is 0 Å². The number of aliphatic carboxylic acids is 1. The van der Waals surface area contributed by atoms with Gasteiger partial charge in [-0.3, -0.25) is 0 Å². The first-order chi connectivity index (χ1) is 8.82. The summed E-state index contributed by atoms with van der Waals surface area (Å²) in [6.07, 6.45) is 1.81. The van der Waals surface area contributed by atoms with Crippen LogP contribution in [0.1, 0.15) is 33.1 Å². The molecule has 0 radical (unpaired) electrons. The van der Waals surface area contributed by atoms with E-state index in [0.29, 0.717) is 32.5 Å². The molecule has 2 rings (SSSR count). The number of piperidine rings is 1. The number of amides is 2. The molecule has 19 heavy (non-hydrogen) atoms. The standard InChI is InChI=1S/C13H22N2O4/c1-9-3-6-15(10(9)11(16)17)12(18)14-7-4-13(2,19)5-8-14/h9-10,19H,3-8H2,1-2H3,(H,16,17). The molecule has 0 saturated carbocycles. The van der Waals surface area contributed by atoms with Gasteiger partial charge in [0, 0.05) is 19.6 Å². The van der Waals surface area contributed by atoms with Crippen LogP contribution in [0, 0.1) is 5.92 Å². The largest absolute Gasteiger partial charge is 0.480 e. The van der Waals surface area contributed by atoms with Crippen LogP contribution in [0.15, 0.2) is 0 Å². The zero-order valence-electron chi connectivity index (χ0n) is 11.5. The molecule has 2 unspecified atom stereocenters. The lowest BCUT2D eigenvalue weighted by Gasteiger charge is -2.38. The molecule has 0 spiro atoms. The van der Waals surface area contributed by atoms with Crippen molar-refractivity contribution in [1.82, 2.24) is 9.80 Å². The molecule has 108 valence electrons. The van der Waals surface area contributed by atoms with Gasteiger partial charge >= 0.3 is 12.0 Å². The quantitative estimate of drug-likeness (QED) is 0.736. The van der Waals surface area contributed by atoms with E-state index in [1.54, 1.807) is 11.8 Å². The van der Waals surface area contributed by atoms with Crippen molar-refractivity contribution < 1.29 is 19.8 Å². The molecule has 6 nitrogen and oxygen atoms in total. The molecule has 0 bridgehead atoms. The number of carbonyl (C=O) groups is 2. The number of urea groups is 1. The van der Waals surface area contributed by atoms with E-state index in [-0.39, 0.29) is 11.9 Å². The van der Waals surface area contributed by atoms with E-state index in [4.69, 9.17) is 0 Å². The van der Waals surface area contributed by atoms with Gasteiger partial charge < -0.3 is 20.0 Å². The summed E-state index contributed by atoms with van der Waals surface area (Å²) in [5.41, 5.74) is -0.707. The van der Waals surface area contributed by atoms with Crippen molar-refractivity contribution in [3.05, 3.63) is 0 Å². The maximum Gasteiger partial charge on any atom is 0.326 e. The zero-order valence-corrected chi connectivity index (χ0v) is 11.5. The van der Waals surface area contributed by atoms with Crippen LogP contribution in [0.4, 0.5) is 4.79 Å². The summed E-state index contributed by atoms with van der Waals surface area (Å²) >= 11 is 0. The minimum absolute atomic E-state index is 0.00523. The summed E-state index contributed by atoms with van der Waals surface area (Å²) in [5.74, 6) is -0.934. The summed E-state index contributed by atoms with van der Waals surface area (Å²) in [5, 5.41) is 19.1. The predicted octanol–water partition coefficient (Wildman–Crippen LogP) is 0.748. The van der Waals surface area contributed by atoms with Gasteiger partial charge in [-0.2, -0.15) is 0 Å². The Labute approximate surface area is 113 Å². The van der Waals surface area contributed by atoms with Gasteiger partial charge in [-0.15, -0.1) is 0 Å². The van der Waals surface area contributed by atoms with Crippen molar-refractivity contribution >= 4 is 12.0 Å². The average molecular weight is 270 g/mol. The van der Waals surface area contributed by atoms with E-state index < -0.39 is 17.6 Å². The van der Waals surface area contributed by atoms with Gasteiger partial charge in [0.05, 0.1) is 5.60 Å². The number of rotatable bonds is 1. The molecule has 0 aromatic heterocycles. The van der Waals surface area contributed by atoms with E-state index in [9.17, 15) is 19.8 Å². The summed E-state index contributed by atoms with van der Waals surface area (Å²) < 4.78 is 0. The molecule has 2 amide bonds. The Hall–Kier alpha value is -1.30. The van der Waals surface area contributed by atoms with E-state index in [2.05, 4.69) is 0 Å². The fourth-order valence-corrected chi connectivity index (χ4v) is 2.90. The first-order valence-electron chi connectivity index (χ1n) is 6.82. The van der Waals surface area contributed by atoms with E-state index in [0.717, 1.165) is 6.42 Å². The Kier molecular flexibility index (Phi) is 3.71. The average Bonchev–Trinajstić information content (AvgIpc) is 2.70. The molecule has 2 heterocycles. The molecule has 2 aliphatic rings. The van der Waals surface area contributed by atoms with Crippen molar-refractivity contribution in [2.45, 2.75) is 44.8 Å². The molecule has 0 aromatic rings. The van der Waals surface area contributed by atoms with Gasteiger partial charge in [0.2, 0.25) is 0 Å². The van der Waals surface area contributed by atoms with Gasteiger partial charge in [0.25, 0.3) is 0 Å². The SMILES string of the molecule is CC1CCN(C(=O)N2CCC(C)(O)CC2)C1C(=O)O. The number of carboxylic acid groups (broad SMARTS) is 1. The lowest BCUT2D eigenvalue weighted by atomic mass is 9.94. The molecule has 2 atom stereocenters. The predicted molar refractivity (Wildman–Crippen MR) is 68.7 cm³/mol. The Bertz CT molecular complexity index is 373. The third-order valence-corrected chi connectivity index (χ3v) is 4.31. The zero-order chi connectivity index (χ0) is 14.2. The highest BCUT2D eigenvalue weighted by Gasteiger charge is 2.42. The maximum atomic E-state index is 12.4. The van der Waals surface area contributed by atoms with Crippen LogP contribution in [0.25, 0.3) is 0 Å². The topological polar surface area (TPSA) is 81.1 Å². The highest BCUT2D eigenvalue weighted by molar-refractivity contribution is 5.83. The van der Waals surface area contributed by atoms with Gasteiger partial charge in [0.1, 0.15) is 6.04 Å². The normalized spacial score (nSPS) is 30.5. The summed E-state index contributed by atoms with van der Waals surface area (Å²) in [7, 11) is 0. The van der Waals surface area contributed by atoms with Crippen molar-refractivity contribution in [2.24, 2.45) is 5.92 Å².